The molecule has 1 aliphatic rings. The third-order valence-electron chi connectivity index (χ3n) is 5.43. The molecule has 3 rings (SSSR count). The molecule has 2 nitrogen and oxygen atoms in total. The third-order valence-corrected chi connectivity index (χ3v) is 5.43. The minimum Gasteiger partial charge on any atom is -0.303 e. The van der Waals surface area contributed by atoms with E-state index in [9.17, 15) is 4.79 Å². The smallest absolute Gasteiger partial charge is 0.162 e. The van der Waals surface area contributed by atoms with Gasteiger partial charge in [0.25, 0.3) is 0 Å². The molecule has 2 aromatic rings. The van der Waals surface area contributed by atoms with Crippen molar-refractivity contribution in [2.75, 3.05) is 19.6 Å². The van der Waals surface area contributed by atoms with Gasteiger partial charge in [-0.05, 0) is 69.3 Å². The molecule has 1 aliphatic heterocycles. The average Bonchev–Trinajstić information content (AvgIpc) is 2.70. The van der Waals surface area contributed by atoms with E-state index in [0.717, 1.165) is 24.8 Å². The molecule has 0 saturated carbocycles. The Hall–Kier alpha value is -1.93. The van der Waals surface area contributed by atoms with Gasteiger partial charge in [-0.3, -0.25) is 4.79 Å². The van der Waals surface area contributed by atoms with Gasteiger partial charge in [0, 0.05) is 12.0 Å². The first-order chi connectivity index (χ1) is 12.8. The van der Waals surface area contributed by atoms with Crippen LogP contribution in [-0.4, -0.2) is 30.3 Å². The van der Waals surface area contributed by atoms with Gasteiger partial charge in [-0.1, -0.05) is 61.0 Å². The number of hydrogen-bond donors (Lipinski definition) is 0. The number of nitrogens with zero attached hydrogens (tertiary/aromatic N) is 1. The van der Waals surface area contributed by atoms with Gasteiger partial charge in [-0.2, -0.15) is 0 Å². The molecule has 0 radical (unpaired) electrons. The number of carbonyl (C=O) groups is 1. The normalized spacial score (nSPS) is 15.1. The molecule has 0 amide bonds. The van der Waals surface area contributed by atoms with Crippen LogP contribution in [0.3, 0.4) is 0 Å². The predicted molar refractivity (Wildman–Crippen MR) is 109 cm³/mol. The minimum absolute atomic E-state index is 0.258. The molecular formula is C24H31NO. The summed E-state index contributed by atoms with van der Waals surface area (Å²) in [4.78, 5) is 14.9. The summed E-state index contributed by atoms with van der Waals surface area (Å²) in [6, 6.07) is 18.4. The molecule has 1 heterocycles. The maximum Gasteiger partial charge on any atom is 0.162 e. The Labute approximate surface area is 158 Å². The van der Waals surface area contributed by atoms with Crippen LogP contribution in [0.2, 0.25) is 0 Å². The summed E-state index contributed by atoms with van der Waals surface area (Å²) in [6.07, 6.45) is 9.08. The summed E-state index contributed by atoms with van der Waals surface area (Å²) < 4.78 is 0. The lowest BCUT2D eigenvalue weighted by Gasteiger charge is -2.26. The number of likely N-dealkylation sites (tertiary alicyclic amines) is 1. The molecule has 26 heavy (non-hydrogen) atoms. The molecule has 1 saturated heterocycles. The van der Waals surface area contributed by atoms with Crippen molar-refractivity contribution in [3.8, 4) is 0 Å². The van der Waals surface area contributed by atoms with E-state index >= 15 is 0 Å². The molecule has 2 heteroatoms. The average molecular weight is 350 g/mol. The molecule has 0 aromatic heterocycles. The molecular weight excluding hydrogens is 318 g/mol. The molecule has 0 unspecified atom stereocenters. The Bertz CT molecular complexity index is 674. The van der Waals surface area contributed by atoms with E-state index in [-0.39, 0.29) is 5.78 Å². The fourth-order valence-corrected chi connectivity index (χ4v) is 3.93. The second-order valence-corrected chi connectivity index (χ2v) is 7.42. The fraction of sp³-hybridized carbons (Fsp3) is 0.458. The van der Waals surface area contributed by atoms with Gasteiger partial charge in [-0.15, -0.1) is 0 Å². The van der Waals surface area contributed by atoms with Gasteiger partial charge >= 0.3 is 0 Å². The highest BCUT2D eigenvalue weighted by molar-refractivity contribution is 5.95. The Morgan fingerprint density at radius 1 is 0.769 bits per heavy atom. The summed E-state index contributed by atoms with van der Waals surface area (Å²) in [6.45, 7) is 3.79. The highest BCUT2D eigenvalue weighted by Crippen LogP contribution is 2.16. The Morgan fingerprint density at radius 3 is 2.08 bits per heavy atom. The van der Waals surface area contributed by atoms with Crippen molar-refractivity contribution in [2.24, 2.45) is 0 Å². The van der Waals surface area contributed by atoms with Gasteiger partial charge in [0.05, 0.1) is 0 Å². The molecule has 0 aliphatic carbocycles. The van der Waals surface area contributed by atoms with Crippen molar-refractivity contribution in [3.63, 3.8) is 0 Å². The van der Waals surface area contributed by atoms with Crippen LogP contribution in [-0.2, 0) is 12.8 Å². The summed E-state index contributed by atoms with van der Waals surface area (Å²) in [5.41, 5.74) is 3.73. The van der Waals surface area contributed by atoms with Crippen molar-refractivity contribution >= 4 is 5.78 Å². The van der Waals surface area contributed by atoms with Crippen LogP contribution in [0, 0.1) is 0 Å². The van der Waals surface area contributed by atoms with Gasteiger partial charge in [-0.25, -0.2) is 0 Å². The lowest BCUT2D eigenvalue weighted by atomic mass is 9.96. The number of carbonyl (C=O) groups excluding carboxylic acids is 1. The van der Waals surface area contributed by atoms with E-state index in [1.165, 1.54) is 56.4 Å². The molecule has 0 spiro atoms. The first-order valence-electron chi connectivity index (χ1n) is 10.2. The molecule has 138 valence electrons. The zero-order valence-corrected chi connectivity index (χ0v) is 15.8. The SMILES string of the molecule is O=C(CCCc1ccccc1CCCN1CCCCC1)c1ccccc1. The van der Waals surface area contributed by atoms with Crippen molar-refractivity contribution in [2.45, 2.75) is 51.4 Å². The van der Waals surface area contributed by atoms with Gasteiger partial charge in [0.2, 0.25) is 0 Å². The number of hydrogen-bond acceptors (Lipinski definition) is 2. The molecule has 0 bridgehead atoms. The fourth-order valence-electron chi connectivity index (χ4n) is 3.93. The van der Waals surface area contributed by atoms with Crippen molar-refractivity contribution in [1.29, 1.82) is 0 Å². The monoisotopic (exact) mass is 349 g/mol. The van der Waals surface area contributed by atoms with Crippen LogP contribution >= 0.6 is 0 Å². The number of ketones is 1. The number of rotatable bonds is 9. The second kappa shape index (κ2) is 10.3. The largest absolute Gasteiger partial charge is 0.303 e. The van der Waals surface area contributed by atoms with E-state index in [0.29, 0.717) is 6.42 Å². The zero-order valence-electron chi connectivity index (χ0n) is 15.8. The summed E-state index contributed by atoms with van der Waals surface area (Å²) >= 11 is 0. The van der Waals surface area contributed by atoms with E-state index < -0.39 is 0 Å². The topological polar surface area (TPSA) is 20.3 Å². The maximum atomic E-state index is 12.3. The Morgan fingerprint density at radius 2 is 1.38 bits per heavy atom. The second-order valence-electron chi connectivity index (χ2n) is 7.42. The van der Waals surface area contributed by atoms with Crippen molar-refractivity contribution in [1.82, 2.24) is 4.90 Å². The van der Waals surface area contributed by atoms with Crippen LogP contribution in [0.1, 0.15) is 60.0 Å². The molecule has 0 atom stereocenters. The summed E-state index contributed by atoms with van der Waals surface area (Å²) in [7, 11) is 0. The Balaban J connectivity index is 1.45. The number of aryl methyl sites for hydroxylation is 2. The molecule has 0 N–H and O–H groups in total. The lowest BCUT2D eigenvalue weighted by molar-refractivity contribution is 0.0980. The molecule has 2 aromatic carbocycles. The standard InChI is InChI=1S/C24H31NO/c26-24(23-13-3-1-4-14-23)17-9-15-21-11-5-6-12-22(21)16-10-20-25-18-7-2-8-19-25/h1,3-6,11-14H,2,7-10,15-20H2. The van der Waals surface area contributed by atoms with Crippen molar-refractivity contribution < 1.29 is 4.79 Å². The van der Waals surface area contributed by atoms with Crippen LogP contribution in [0.15, 0.2) is 54.6 Å². The summed E-state index contributed by atoms with van der Waals surface area (Å²) in [5, 5.41) is 0. The summed E-state index contributed by atoms with van der Waals surface area (Å²) in [5.74, 6) is 0.258. The highest BCUT2D eigenvalue weighted by atomic mass is 16.1. The van der Waals surface area contributed by atoms with E-state index in [4.69, 9.17) is 0 Å². The van der Waals surface area contributed by atoms with E-state index in [2.05, 4.69) is 29.2 Å². The zero-order chi connectivity index (χ0) is 18.0. The van der Waals surface area contributed by atoms with Crippen LogP contribution in [0.25, 0.3) is 0 Å². The van der Waals surface area contributed by atoms with Gasteiger partial charge < -0.3 is 4.90 Å². The third kappa shape index (κ3) is 5.81. The van der Waals surface area contributed by atoms with Crippen LogP contribution in [0.4, 0.5) is 0 Å². The number of Topliss-reactive ketones (excluding diaryl/α,β-unsaturated/α-hetero) is 1. The van der Waals surface area contributed by atoms with Gasteiger partial charge in [0.15, 0.2) is 5.78 Å². The lowest BCUT2D eigenvalue weighted by Crippen LogP contribution is -2.30. The predicted octanol–water partition coefficient (Wildman–Crippen LogP) is 5.31. The quantitative estimate of drug-likeness (QED) is 0.572. The first kappa shape index (κ1) is 18.8. The minimum atomic E-state index is 0.258. The number of benzene rings is 2. The van der Waals surface area contributed by atoms with E-state index in [1.54, 1.807) is 0 Å². The van der Waals surface area contributed by atoms with Crippen LogP contribution < -0.4 is 0 Å². The van der Waals surface area contributed by atoms with Crippen LogP contribution in [0.5, 0.6) is 0 Å². The number of piperidine rings is 1. The van der Waals surface area contributed by atoms with E-state index in [1.807, 2.05) is 30.3 Å². The highest BCUT2D eigenvalue weighted by Gasteiger charge is 2.10. The maximum absolute atomic E-state index is 12.3. The Kier molecular flexibility index (Phi) is 7.45. The van der Waals surface area contributed by atoms with Crippen molar-refractivity contribution in [3.05, 3.63) is 71.3 Å². The molecule has 1 fully saturated rings. The van der Waals surface area contributed by atoms with Gasteiger partial charge in [0.1, 0.15) is 0 Å². The first-order valence-corrected chi connectivity index (χ1v) is 10.2.